The van der Waals surface area contributed by atoms with E-state index in [2.05, 4.69) is 15.3 Å². The van der Waals surface area contributed by atoms with Crippen molar-refractivity contribution in [3.8, 4) is 11.3 Å². The summed E-state index contributed by atoms with van der Waals surface area (Å²) in [6, 6.07) is 11.1. The van der Waals surface area contributed by atoms with Gasteiger partial charge >= 0.3 is 6.03 Å². The Labute approximate surface area is 186 Å². The quantitative estimate of drug-likeness (QED) is 0.655. The number of pyridine rings is 1. The van der Waals surface area contributed by atoms with Crippen molar-refractivity contribution in [2.75, 3.05) is 44.0 Å². The lowest BCUT2D eigenvalue weighted by Crippen LogP contribution is -2.40. The number of hydrogen-bond donors (Lipinski definition) is 2. The van der Waals surface area contributed by atoms with Crippen LogP contribution in [-0.4, -0.2) is 59.7 Å². The van der Waals surface area contributed by atoms with Gasteiger partial charge in [0.05, 0.1) is 18.8 Å². The molecule has 32 heavy (non-hydrogen) atoms. The summed E-state index contributed by atoms with van der Waals surface area (Å²) in [6.45, 7) is 3.44. The standard InChI is InChI=1S/C23H26N6O3/c1-15-20(17-8-10-24-11-9-17)26-22(27-21(15)30)29-12-13-32-19(14-29)16-4-6-18(7-5-16)25-23(31)28(2)3/h4-11,19H,12-14H2,1-3H3,(H,25,31)(H,26,27,30). The first-order valence-electron chi connectivity index (χ1n) is 10.4. The fraction of sp³-hybridized carbons (Fsp3) is 0.304. The summed E-state index contributed by atoms with van der Waals surface area (Å²) >= 11 is 0. The van der Waals surface area contributed by atoms with E-state index in [1.807, 2.05) is 41.3 Å². The highest BCUT2D eigenvalue weighted by atomic mass is 16.5. The summed E-state index contributed by atoms with van der Waals surface area (Å²) in [5.74, 6) is 0.524. The van der Waals surface area contributed by atoms with E-state index in [4.69, 9.17) is 9.72 Å². The van der Waals surface area contributed by atoms with Crippen molar-refractivity contribution in [1.29, 1.82) is 0 Å². The molecule has 1 fully saturated rings. The zero-order valence-corrected chi connectivity index (χ0v) is 18.3. The Bertz CT molecular complexity index is 1140. The van der Waals surface area contributed by atoms with E-state index in [1.165, 1.54) is 4.90 Å². The summed E-state index contributed by atoms with van der Waals surface area (Å²) in [5, 5.41) is 2.82. The number of benzene rings is 1. The fourth-order valence-corrected chi connectivity index (χ4v) is 3.52. The molecule has 1 saturated heterocycles. The molecule has 0 spiro atoms. The van der Waals surface area contributed by atoms with E-state index in [1.54, 1.807) is 33.4 Å². The van der Waals surface area contributed by atoms with Gasteiger partial charge < -0.3 is 19.9 Å². The molecule has 0 saturated carbocycles. The average molecular weight is 435 g/mol. The lowest BCUT2D eigenvalue weighted by atomic mass is 10.1. The van der Waals surface area contributed by atoms with Gasteiger partial charge in [-0.3, -0.25) is 14.8 Å². The largest absolute Gasteiger partial charge is 0.370 e. The van der Waals surface area contributed by atoms with Crippen molar-refractivity contribution in [3.63, 3.8) is 0 Å². The summed E-state index contributed by atoms with van der Waals surface area (Å²) in [6.07, 6.45) is 3.19. The Morgan fingerprint density at radius 3 is 2.59 bits per heavy atom. The molecule has 9 nitrogen and oxygen atoms in total. The second-order valence-corrected chi connectivity index (χ2v) is 7.85. The lowest BCUT2D eigenvalue weighted by molar-refractivity contribution is 0.0392. The molecule has 0 bridgehead atoms. The average Bonchev–Trinajstić information content (AvgIpc) is 2.82. The number of carbonyl (C=O) groups excluding carboxylic acids is 1. The number of ether oxygens (including phenoxy) is 1. The van der Waals surface area contributed by atoms with Gasteiger partial charge in [-0.2, -0.15) is 0 Å². The maximum absolute atomic E-state index is 12.6. The van der Waals surface area contributed by atoms with Gasteiger partial charge in [0, 0.05) is 49.8 Å². The molecule has 3 aromatic rings. The van der Waals surface area contributed by atoms with Crippen LogP contribution in [0.3, 0.4) is 0 Å². The Kier molecular flexibility index (Phi) is 6.18. The Balaban J connectivity index is 1.54. The normalized spacial score (nSPS) is 16.0. The maximum Gasteiger partial charge on any atom is 0.321 e. The van der Waals surface area contributed by atoms with Crippen molar-refractivity contribution in [1.82, 2.24) is 19.9 Å². The first-order chi connectivity index (χ1) is 15.4. The van der Waals surface area contributed by atoms with Crippen molar-refractivity contribution in [2.45, 2.75) is 13.0 Å². The van der Waals surface area contributed by atoms with E-state index < -0.39 is 0 Å². The zero-order valence-electron chi connectivity index (χ0n) is 18.3. The molecule has 4 rings (SSSR count). The number of H-pyrrole nitrogens is 1. The highest BCUT2D eigenvalue weighted by Crippen LogP contribution is 2.27. The molecule has 1 unspecified atom stereocenters. The van der Waals surface area contributed by atoms with Crippen LogP contribution in [0.5, 0.6) is 0 Å². The fourth-order valence-electron chi connectivity index (χ4n) is 3.52. The number of aromatic nitrogens is 3. The van der Waals surface area contributed by atoms with Gasteiger partial charge in [0.25, 0.3) is 5.56 Å². The Morgan fingerprint density at radius 2 is 1.91 bits per heavy atom. The lowest BCUT2D eigenvalue weighted by Gasteiger charge is -2.33. The minimum atomic E-state index is -0.183. The Hall–Kier alpha value is -3.72. The summed E-state index contributed by atoms with van der Waals surface area (Å²) in [5.41, 5.74) is 3.61. The molecule has 0 aliphatic carbocycles. The third-order valence-electron chi connectivity index (χ3n) is 5.40. The molecular weight excluding hydrogens is 408 g/mol. The topological polar surface area (TPSA) is 103 Å². The second kappa shape index (κ2) is 9.19. The van der Waals surface area contributed by atoms with Gasteiger partial charge in [-0.1, -0.05) is 12.1 Å². The minimum Gasteiger partial charge on any atom is -0.370 e. The predicted molar refractivity (Wildman–Crippen MR) is 123 cm³/mol. The molecule has 9 heteroatoms. The monoisotopic (exact) mass is 434 g/mol. The number of morpholine rings is 1. The van der Waals surface area contributed by atoms with E-state index in [0.29, 0.717) is 42.6 Å². The summed E-state index contributed by atoms with van der Waals surface area (Å²) in [7, 11) is 3.38. The van der Waals surface area contributed by atoms with E-state index >= 15 is 0 Å². The number of amides is 2. The zero-order chi connectivity index (χ0) is 22.7. The maximum atomic E-state index is 12.6. The molecule has 1 aromatic carbocycles. The van der Waals surface area contributed by atoms with Crippen LogP contribution in [0, 0.1) is 6.92 Å². The number of carbonyl (C=O) groups is 1. The number of aromatic amines is 1. The molecule has 2 aromatic heterocycles. The van der Waals surface area contributed by atoms with Crippen LogP contribution in [0.25, 0.3) is 11.3 Å². The number of rotatable bonds is 4. The number of anilines is 2. The van der Waals surface area contributed by atoms with Crippen LogP contribution in [-0.2, 0) is 4.74 Å². The predicted octanol–water partition coefficient (Wildman–Crippen LogP) is 2.81. The first kappa shape index (κ1) is 21.5. The van der Waals surface area contributed by atoms with Crippen molar-refractivity contribution < 1.29 is 9.53 Å². The van der Waals surface area contributed by atoms with Crippen LogP contribution in [0.2, 0.25) is 0 Å². The van der Waals surface area contributed by atoms with Crippen molar-refractivity contribution >= 4 is 17.7 Å². The summed E-state index contributed by atoms with van der Waals surface area (Å²) in [4.78, 5) is 39.6. The van der Waals surface area contributed by atoms with Crippen LogP contribution in [0.15, 0.2) is 53.6 Å². The van der Waals surface area contributed by atoms with E-state index in [9.17, 15) is 9.59 Å². The van der Waals surface area contributed by atoms with Crippen LogP contribution >= 0.6 is 0 Å². The molecule has 0 radical (unpaired) electrons. The molecule has 1 aliphatic rings. The number of hydrogen-bond acceptors (Lipinski definition) is 6. The minimum absolute atomic E-state index is 0.161. The summed E-state index contributed by atoms with van der Waals surface area (Å²) < 4.78 is 5.98. The molecule has 2 amide bonds. The second-order valence-electron chi connectivity index (χ2n) is 7.85. The van der Waals surface area contributed by atoms with Crippen molar-refractivity contribution in [3.05, 3.63) is 70.3 Å². The third kappa shape index (κ3) is 4.62. The number of nitrogens with one attached hydrogen (secondary N) is 2. The smallest absolute Gasteiger partial charge is 0.321 e. The Morgan fingerprint density at radius 1 is 1.19 bits per heavy atom. The third-order valence-corrected chi connectivity index (χ3v) is 5.40. The molecular formula is C23H26N6O3. The van der Waals surface area contributed by atoms with Gasteiger partial charge in [-0.15, -0.1) is 0 Å². The number of nitrogens with zero attached hydrogens (tertiary/aromatic N) is 4. The van der Waals surface area contributed by atoms with E-state index in [-0.39, 0.29) is 17.7 Å². The van der Waals surface area contributed by atoms with Gasteiger partial charge in [-0.25, -0.2) is 9.78 Å². The molecule has 166 valence electrons. The van der Waals surface area contributed by atoms with Gasteiger partial charge in [0.2, 0.25) is 5.95 Å². The number of urea groups is 1. The van der Waals surface area contributed by atoms with Gasteiger partial charge in [0.15, 0.2) is 0 Å². The van der Waals surface area contributed by atoms with Crippen LogP contribution in [0.4, 0.5) is 16.4 Å². The van der Waals surface area contributed by atoms with Gasteiger partial charge in [-0.05, 0) is 36.8 Å². The van der Waals surface area contributed by atoms with Crippen molar-refractivity contribution in [2.24, 2.45) is 0 Å². The van der Waals surface area contributed by atoms with E-state index in [0.717, 1.165) is 11.1 Å². The SMILES string of the molecule is Cc1c(-c2ccncc2)nc(N2CCOC(c3ccc(NC(=O)N(C)C)cc3)C2)[nH]c1=O. The van der Waals surface area contributed by atoms with Crippen LogP contribution < -0.4 is 15.8 Å². The highest BCUT2D eigenvalue weighted by Gasteiger charge is 2.24. The van der Waals surface area contributed by atoms with Crippen LogP contribution in [0.1, 0.15) is 17.2 Å². The molecule has 2 N–H and O–H groups in total. The van der Waals surface area contributed by atoms with Gasteiger partial charge in [0.1, 0.15) is 6.10 Å². The highest BCUT2D eigenvalue weighted by molar-refractivity contribution is 5.88. The molecule has 1 atom stereocenters. The first-order valence-corrected chi connectivity index (χ1v) is 10.4. The molecule has 1 aliphatic heterocycles. The molecule has 3 heterocycles.